The minimum absolute atomic E-state index is 0.201. The largest absolute Gasteiger partial charge is 0.506 e. The lowest BCUT2D eigenvalue weighted by Crippen LogP contribution is -2.11. The maximum atomic E-state index is 12.1. The van der Waals surface area contributed by atoms with Gasteiger partial charge in [0.15, 0.2) is 5.75 Å². The van der Waals surface area contributed by atoms with E-state index in [0.717, 1.165) is 30.0 Å². The fourth-order valence-corrected chi connectivity index (χ4v) is 4.47. The van der Waals surface area contributed by atoms with Gasteiger partial charge in [-0.1, -0.05) is 18.2 Å². The van der Waals surface area contributed by atoms with E-state index < -0.39 is 42.2 Å². The molecule has 0 spiro atoms. The number of aromatic hydroxyl groups is 2. The van der Waals surface area contributed by atoms with E-state index in [1.54, 1.807) is 12.1 Å². The number of phenols is 2. The number of azo groups is 1. The van der Waals surface area contributed by atoms with Crippen LogP contribution in [0, 0.1) is 0 Å². The predicted molar refractivity (Wildman–Crippen MR) is 129 cm³/mol. The molecule has 0 bridgehead atoms. The summed E-state index contributed by atoms with van der Waals surface area (Å²) < 4.78 is 57.0. The molecule has 0 aromatic heterocycles. The van der Waals surface area contributed by atoms with Crippen molar-refractivity contribution in [1.82, 2.24) is 0 Å². The number of fused-ring (bicyclic) bond motifs is 1. The first kappa shape index (κ1) is 24.1. The van der Waals surface area contributed by atoms with Crippen LogP contribution < -0.4 is 10.5 Å². The zero-order valence-electron chi connectivity index (χ0n) is 17.7. The Bertz CT molecular complexity index is 1690. The molecule has 6 N–H and O–H groups in total. The summed E-state index contributed by atoms with van der Waals surface area (Å²) in [6.07, 6.45) is 0. The van der Waals surface area contributed by atoms with Crippen molar-refractivity contribution in [1.29, 1.82) is 0 Å². The highest BCUT2D eigenvalue weighted by Gasteiger charge is 2.22. The van der Waals surface area contributed by atoms with Gasteiger partial charge in [0, 0.05) is 16.8 Å². The number of hydrogen-bond acceptors (Lipinski definition) is 9. The Balaban J connectivity index is 1.84. The van der Waals surface area contributed by atoms with Crippen LogP contribution in [0.15, 0.2) is 92.8 Å². The smallest absolute Gasteiger partial charge is 0.296 e. The van der Waals surface area contributed by atoms with Crippen molar-refractivity contribution in [2.45, 2.75) is 9.79 Å². The van der Waals surface area contributed by atoms with E-state index in [9.17, 15) is 31.6 Å². The predicted octanol–water partition coefficient (Wildman–Crippen LogP) is 4.30. The summed E-state index contributed by atoms with van der Waals surface area (Å²) >= 11 is 0. The number of nitrogens with zero attached hydrogens (tertiary/aromatic N) is 2. The molecule has 0 saturated carbocycles. The third-order valence-electron chi connectivity index (χ3n) is 4.92. The fourth-order valence-electron chi connectivity index (χ4n) is 3.28. The first-order valence-corrected chi connectivity index (χ1v) is 12.8. The Morgan fingerprint density at radius 2 is 1.51 bits per heavy atom. The number of rotatable bonds is 6. The van der Waals surface area contributed by atoms with E-state index in [-0.39, 0.29) is 21.4 Å². The number of nitrogens with one attached hydrogen (secondary N) is 1. The molecule has 0 fully saturated rings. The van der Waals surface area contributed by atoms with E-state index in [2.05, 4.69) is 15.5 Å². The summed E-state index contributed by atoms with van der Waals surface area (Å²) in [4.78, 5) is -1.12. The molecule has 4 aromatic carbocycles. The van der Waals surface area contributed by atoms with Crippen molar-refractivity contribution in [3.63, 3.8) is 0 Å². The van der Waals surface area contributed by atoms with E-state index in [1.807, 2.05) is 30.3 Å². The number of para-hydroxylation sites is 1. The van der Waals surface area contributed by atoms with Crippen molar-refractivity contribution < 1.29 is 31.6 Å². The van der Waals surface area contributed by atoms with Crippen molar-refractivity contribution in [3.8, 4) is 11.5 Å². The van der Waals surface area contributed by atoms with Gasteiger partial charge in [-0.25, -0.2) is 13.6 Å². The first-order chi connectivity index (χ1) is 16.4. The summed E-state index contributed by atoms with van der Waals surface area (Å²) in [5.74, 6) is -1.08. The number of primary sulfonamides is 1. The second kappa shape index (κ2) is 8.96. The third-order valence-corrected chi connectivity index (χ3v) is 6.70. The first-order valence-electron chi connectivity index (χ1n) is 9.80. The van der Waals surface area contributed by atoms with Gasteiger partial charge in [0.25, 0.3) is 10.1 Å². The third kappa shape index (κ3) is 5.22. The normalized spacial score (nSPS) is 12.3. The maximum Gasteiger partial charge on any atom is 0.296 e. The molecule has 0 radical (unpaired) electrons. The maximum absolute atomic E-state index is 12.1. The van der Waals surface area contributed by atoms with Gasteiger partial charge in [-0.3, -0.25) is 4.55 Å². The molecular weight excluding hydrogens is 496 g/mol. The molecule has 0 saturated heterocycles. The average Bonchev–Trinajstić information content (AvgIpc) is 2.78. The molecular formula is C22H18N4O7S2. The molecule has 4 aromatic rings. The average molecular weight is 515 g/mol. The van der Waals surface area contributed by atoms with Gasteiger partial charge in [-0.15, -0.1) is 10.2 Å². The van der Waals surface area contributed by atoms with Gasteiger partial charge >= 0.3 is 0 Å². The van der Waals surface area contributed by atoms with Gasteiger partial charge in [-0.2, -0.15) is 8.42 Å². The Labute approximate surface area is 200 Å². The highest BCUT2D eigenvalue weighted by molar-refractivity contribution is 7.89. The lowest BCUT2D eigenvalue weighted by Gasteiger charge is -2.11. The SMILES string of the molecule is NS(=O)(=O)c1ccc(O)c(N=Nc2c(S(=O)(=O)O)cc3cc(Nc4ccccc4)ccc3c2O)c1. The zero-order valence-corrected chi connectivity index (χ0v) is 19.3. The van der Waals surface area contributed by atoms with Crippen LogP contribution in [-0.4, -0.2) is 31.6 Å². The molecule has 0 aliphatic rings. The molecule has 4 rings (SSSR count). The van der Waals surface area contributed by atoms with Crippen LogP contribution in [0.25, 0.3) is 10.8 Å². The van der Waals surface area contributed by atoms with E-state index in [0.29, 0.717) is 5.69 Å². The Kier molecular flexibility index (Phi) is 6.17. The number of phenolic OH excluding ortho intramolecular Hbond substituents is 2. The van der Waals surface area contributed by atoms with Crippen molar-refractivity contribution >= 4 is 53.7 Å². The van der Waals surface area contributed by atoms with Crippen LogP contribution >= 0.6 is 0 Å². The quantitative estimate of drug-likeness (QED) is 0.186. The molecule has 13 heteroatoms. The van der Waals surface area contributed by atoms with Gasteiger partial charge in [0.05, 0.1) is 4.90 Å². The van der Waals surface area contributed by atoms with E-state index in [1.165, 1.54) is 6.07 Å². The monoisotopic (exact) mass is 514 g/mol. The molecule has 0 aliphatic carbocycles. The Morgan fingerprint density at radius 3 is 2.17 bits per heavy atom. The summed E-state index contributed by atoms with van der Waals surface area (Å²) in [6.45, 7) is 0. The van der Waals surface area contributed by atoms with Crippen LogP contribution in [0.4, 0.5) is 22.7 Å². The number of benzene rings is 4. The summed E-state index contributed by atoms with van der Waals surface area (Å²) in [7, 11) is -9.00. The molecule has 180 valence electrons. The van der Waals surface area contributed by atoms with E-state index in [4.69, 9.17) is 5.14 Å². The Hall–Kier alpha value is -4.04. The minimum atomic E-state index is -4.88. The van der Waals surface area contributed by atoms with Crippen LogP contribution in [0.1, 0.15) is 0 Å². The highest BCUT2D eigenvalue weighted by Crippen LogP contribution is 2.43. The second-order valence-electron chi connectivity index (χ2n) is 7.37. The van der Waals surface area contributed by atoms with Crippen molar-refractivity contribution in [3.05, 3.63) is 72.8 Å². The van der Waals surface area contributed by atoms with Gasteiger partial charge in [0.2, 0.25) is 10.0 Å². The molecule has 35 heavy (non-hydrogen) atoms. The minimum Gasteiger partial charge on any atom is -0.506 e. The Morgan fingerprint density at radius 1 is 0.800 bits per heavy atom. The zero-order chi connectivity index (χ0) is 25.4. The van der Waals surface area contributed by atoms with Crippen molar-refractivity contribution in [2.24, 2.45) is 15.4 Å². The van der Waals surface area contributed by atoms with Gasteiger partial charge < -0.3 is 15.5 Å². The number of anilines is 2. The lowest BCUT2D eigenvalue weighted by atomic mass is 10.1. The summed E-state index contributed by atoms with van der Waals surface area (Å²) in [6, 6.07) is 18.0. The standard InChI is InChI=1S/C22H18N4O7S2/c23-34(29,30)16-7-9-19(27)18(12-16)25-26-21-20(35(31,32)33)11-13-10-15(6-8-17(13)22(21)28)24-14-4-2-1-3-5-14/h1-12,24,27-28H,(H2,23,29,30)(H,31,32,33). The number of sulfonamides is 1. The second-order valence-corrected chi connectivity index (χ2v) is 10.3. The van der Waals surface area contributed by atoms with Crippen LogP contribution in [0.2, 0.25) is 0 Å². The van der Waals surface area contributed by atoms with Crippen LogP contribution in [-0.2, 0) is 20.1 Å². The van der Waals surface area contributed by atoms with E-state index >= 15 is 0 Å². The van der Waals surface area contributed by atoms with Gasteiger partial charge in [-0.05, 0) is 60.0 Å². The fraction of sp³-hybridized carbons (Fsp3) is 0. The summed E-state index contributed by atoms with van der Waals surface area (Å²) in [5, 5.41) is 36.8. The molecule has 0 unspecified atom stereocenters. The lowest BCUT2D eigenvalue weighted by molar-refractivity contribution is 0.471. The molecule has 0 aliphatic heterocycles. The topological polar surface area (TPSA) is 192 Å². The number of nitrogens with two attached hydrogens (primary N) is 1. The highest BCUT2D eigenvalue weighted by atomic mass is 32.2. The molecule has 11 nitrogen and oxygen atoms in total. The molecule has 0 amide bonds. The summed E-state index contributed by atoms with van der Waals surface area (Å²) in [5.41, 5.74) is 0.394. The van der Waals surface area contributed by atoms with Crippen LogP contribution in [0.5, 0.6) is 11.5 Å². The number of hydrogen-bond donors (Lipinski definition) is 5. The molecule has 0 heterocycles. The van der Waals surface area contributed by atoms with Crippen LogP contribution in [0.3, 0.4) is 0 Å². The molecule has 0 atom stereocenters. The van der Waals surface area contributed by atoms with Gasteiger partial charge in [0.1, 0.15) is 22.0 Å². The van der Waals surface area contributed by atoms with Crippen molar-refractivity contribution in [2.75, 3.05) is 5.32 Å².